The van der Waals surface area contributed by atoms with E-state index in [0.29, 0.717) is 45.2 Å². The van der Waals surface area contributed by atoms with E-state index in [1.165, 1.54) is 4.90 Å². The molecule has 0 N–H and O–H groups in total. The maximum absolute atomic E-state index is 12.9. The van der Waals surface area contributed by atoms with Crippen molar-refractivity contribution in [2.75, 3.05) is 6.61 Å². The van der Waals surface area contributed by atoms with Crippen LogP contribution in [0, 0.1) is 6.92 Å². The molecule has 35 heavy (non-hydrogen) atoms. The number of rotatable bonds is 8. The highest BCUT2D eigenvalue weighted by Crippen LogP contribution is 2.40. The maximum atomic E-state index is 12.9. The molecular weight excluding hydrogens is 505 g/mol. The molecule has 0 radical (unpaired) electrons. The standard InChI is InChI=1S/C27H23Cl2NO4S/c1-3-33-23-13-19(12-22(29)25(23)34-16-20-7-5-4-6-17(20)2)14-24-26(31)30(27(32)35-24)15-18-8-10-21(28)11-9-18/h4-14H,3,15-16H2,1-2H3/b24-14-. The molecule has 2 amide bonds. The molecule has 0 atom stereocenters. The first-order valence-corrected chi connectivity index (χ1v) is 12.6. The van der Waals surface area contributed by atoms with Gasteiger partial charge in [-0.15, -0.1) is 0 Å². The van der Waals surface area contributed by atoms with E-state index < -0.39 is 0 Å². The molecule has 1 heterocycles. The van der Waals surface area contributed by atoms with Gasteiger partial charge >= 0.3 is 0 Å². The third-order valence-corrected chi connectivity index (χ3v) is 6.83. The van der Waals surface area contributed by atoms with E-state index >= 15 is 0 Å². The molecular formula is C27H23Cl2NO4S. The Balaban J connectivity index is 1.55. The van der Waals surface area contributed by atoms with Gasteiger partial charge in [0.15, 0.2) is 11.5 Å². The Bertz CT molecular complexity index is 1290. The molecule has 1 aliphatic heterocycles. The lowest BCUT2D eigenvalue weighted by Gasteiger charge is -2.15. The Morgan fingerprint density at radius 3 is 2.46 bits per heavy atom. The van der Waals surface area contributed by atoms with Crippen LogP contribution in [0.3, 0.4) is 0 Å². The minimum Gasteiger partial charge on any atom is -0.490 e. The normalized spacial score (nSPS) is 14.6. The number of benzene rings is 3. The summed E-state index contributed by atoms with van der Waals surface area (Å²) in [5.74, 6) is 0.550. The Morgan fingerprint density at radius 1 is 1.00 bits per heavy atom. The molecule has 180 valence electrons. The molecule has 0 bridgehead atoms. The average Bonchev–Trinajstić information content (AvgIpc) is 3.08. The van der Waals surface area contributed by atoms with Gasteiger partial charge in [0.25, 0.3) is 11.1 Å². The van der Waals surface area contributed by atoms with Crippen molar-refractivity contribution in [1.29, 1.82) is 0 Å². The summed E-state index contributed by atoms with van der Waals surface area (Å²) in [6.07, 6.45) is 1.65. The second-order valence-electron chi connectivity index (χ2n) is 7.87. The van der Waals surface area contributed by atoms with E-state index in [-0.39, 0.29) is 17.7 Å². The second kappa shape index (κ2) is 11.2. The number of hydrogen-bond donors (Lipinski definition) is 0. The number of hydrogen-bond acceptors (Lipinski definition) is 5. The fraction of sp³-hybridized carbons (Fsp3) is 0.185. The lowest BCUT2D eigenvalue weighted by molar-refractivity contribution is -0.123. The van der Waals surface area contributed by atoms with Crippen molar-refractivity contribution in [3.63, 3.8) is 0 Å². The summed E-state index contributed by atoms with van der Waals surface area (Å²) in [5.41, 5.74) is 3.62. The number of ether oxygens (including phenoxy) is 2. The molecule has 4 rings (SSSR count). The number of aryl methyl sites for hydroxylation is 1. The summed E-state index contributed by atoms with van der Waals surface area (Å²) in [6, 6.07) is 18.4. The first-order chi connectivity index (χ1) is 16.9. The summed E-state index contributed by atoms with van der Waals surface area (Å²) in [7, 11) is 0. The van der Waals surface area contributed by atoms with Crippen molar-refractivity contribution in [2.45, 2.75) is 27.0 Å². The molecule has 5 nitrogen and oxygen atoms in total. The number of imide groups is 1. The number of amides is 2. The molecule has 1 fully saturated rings. The Labute approximate surface area is 218 Å². The van der Waals surface area contributed by atoms with Crippen LogP contribution in [0.1, 0.15) is 29.2 Å². The van der Waals surface area contributed by atoms with Crippen LogP contribution < -0.4 is 9.47 Å². The van der Waals surface area contributed by atoms with Gasteiger partial charge in [-0.1, -0.05) is 59.6 Å². The zero-order valence-corrected chi connectivity index (χ0v) is 21.5. The summed E-state index contributed by atoms with van der Waals surface area (Å²) >= 11 is 13.4. The zero-order chi connectivity index (χ0) is 24.9. The van der Waals surface area contributed by atoms with E-state index in [2.05, 4.69) is 0 Å². The van der Waals surface area contributed by atoms with Gasteiger partial charge < -0.3 is 9.47 Å². The quantitative estimate of drug-likeness (QED) is 0.283. The second-order valence-corrected chi connectivity index (χ2v) is 9.71. The summed E-state index contributed by atoms with van der Waals surface area (Å²) in [6.45, 7) is 4.82. The monoisotopic (exact) mass is 527 g/mol. The van der Waals surface area contributed by atoms with Crippen molar-refractivity contribution < 1.29 is 19.1 Å². The molecule has 0 aliphatic carbocycles. The third kappa shape index (κ3) is 6.01. The fourth-order valence-corrected chi connectivity index (χ4v) is 4.79. The van der Waals surface area contributed by atoms with Gasteiger partial charge in [0.2, 0.25) is 0 Å². The van der Waals surface area contributed by atoms with Crippen molar-refractivity contribution in [3.8, 4) is 11.5 Å². The molecule has 1 saturated heterocycles. The Hall–Kier alpha value is -2.93. The van der Waals surface area contributed by atoms with Gasteiger partial charge in [-0.05, 0) is 78.2 Å². The van der Waals surface area contributed by atoms with Gasteiger partial charge in [0, 0.05) is 5.02 Å². The minimum absolute atomic E-state index is 0.176. The van der Waals surface area contributed by atoms with Gasteiger partial charge in [0.05, 0.1) is 23.1 Å². The average molecular weight is 528 g/mol. The summed E-state index contributed by atoms with van der Waals surface area (Å²) in [4.78, 5) is 27.0. The van der Waals surface area contributed by atoms with Gasteiger partial charge in [0.1, 0.15) is 6.61 Å². The molecule has 8 heteroatoms. The number of thioether (sulfide) groups is 1. The van der Waals surface area contributed by atoms with Crippen LogP contribution in [0.2, 0.25) is 10.0 Å². The molecule has 3 aromatic rings. The lowest BCUT2D eigenvalue weighted by atomic mass is 10.1. The maximum Gasteiger partial charge on any atom is 0.293 e. The van der Waals surface area contributed by atoms with E-state index in [4.69, 9.17) is 32.7 Å². The van der Waals surface area contributed by atoms with Crippen molar-refractivity contribution in [3.05, 3.63) is 97.9 Å². The highest BCUT2D eigenvalue weighted by Gasteiger charge is 2.35. The highest BCUT2D eigenvalue weighted by molar-refractivity contribution is 8.18. The largest absolute Gasteiger partial charge is 0.490 e. The SMILES string of the molecule is CCOc1cc(/C=C2\SC(=O)N(Cc3ccc(Cl)cc3)C2=O)cc(Cl)c1OCc1ccccc1C. The Morgan fingerprint density at radius 2 is 1.74 bits per heavy atom. The topological polar surface area (TPSA) is 55.8 Å². The minimum atomic E-state index is -0.357. The smallest absolute Gasteiger partial charge is 0.293 e. The zero-order valence-electron chi connectivity index (χ0n) is 19.2. The van der Waals surface area contributed by atoms with Crippen molar-refractivity contribution in [2.24, 2.45) is 0 Å². The molecule has 1 aliphatic rings. The van der Waals surface area contributed by atoms with Gasteiger partial charge in [-0.2, -0.15) is 0 Å². The van der Waals surface area contributed by atoms with E-state index in [0.717, 1.165) is 28.5 Å². The third-order valence-electron chi connectivity index (χ3n) is 5.39. The van der Waals surface area contributed by atoms with Gasteiger partial charge in [-0.3, -0.25) is 14.5 Å². The molecule has 0 aromatic heterocycles. The van der Waals surface area contributed by atoms with Crippen molar-refractivity contribution in [1.82, 2.24) is 4.90 Å². The van der Waals surface area contributed by atoms with Crippen LogP contribution >= 0.6 is 35.0 Å². The van der Waals surface area contributed by atoms with Crippen molar-refractivity contribution >= 4 is 52.2 Å². The predicted octanol–water partition coefficient (Wildman–Crippen LogP) is 7.52. The summed E-state index contributed by atoms with van der Waals surface area (Å²) in [5, 5.41) is 0.623. The number of nitrogens with zero attached hydrogens (tertiary/aromatic N) is 1. The summed E-state index contributed by atoms with van der Waals surface area (Å²) < 4.78 is 11.8. The van der Waals surface area contributed by atoms with Crippen LogP contribution in [0.5, 0.6) is 11.5 Å². The molecule has 0 saturated carbocycles. The van der Waals surface area contributed by atoms with E-state index in [1.54, 1.807) is 42.5 Å². The molecule has 3 aromatic carbocycles. The Kier molecular flexibility index (Phi) is 8.06. The predicted molar refractivity (Wildman–Crippen MR) is 141 cm³/mol. The van der Waals surface area contributed by atoms with Crippen LogP contribution in [0.25, 0.3) is 6.08 Å². The molecule has 0 unspecified atom stereocenters. The number of carbonyl (C=O) groups excluding carboxylic acids is 2. The number of halogens is 2. The molecule has 0 spiro atoms. The first-order valence-electron chi connectivity index (χ1n) is 11.0. The van der Waals surface area contributed by atoms with Gasteiger partial charge in [-0.25, -0.2) is 0 Å². The first kappa shape index (κ1) is 25.2. The fourth-order valence-electron chi connectivity index (χ4n) is 3.56. The van der Waals surface area contributed by atoms with Crippen LogP contribution in [0.4, 0.5) is 4.79 Å². The lowest BCUT2D eigenvalue weighted by Crippen LogP contribution is -2.27. The highest BCUT2D eigenvalue weighted by atomic mass is 35.5. The van der Waals surface area contributed by atoms with Crippen LogP contribution in [0.15, 0.2) is 65.6 Å². The van der Waals surface area contributed by atoms with Crippen LogP contribution in [-0.2, 0) is 17.9 Å². The van der Waals surface area contributed by atoms with E-state index in [1.807, 2.05) is 38.1 Å². The van der Waals surface area contributed by atoms with E-state index in [9.17, 15) is 9.59 Å². The number of carbonyl (C=O) groups is 2. The van der Waals surface area contributed by atoms with Crippen LogP contribution in [-0.4, -0.2) is 22.7 Å².